The van der Waals surface area contributed by atoms with E-state index in [-0.39, 0.29) is 11.7 Å². The molecule has 0 aliphatic carbocycles. The molecular formula is C7H13NO2. The number of rotatable bonds is 4. The van der Waals surface area contributed by atoms with Crippen LogP contribution in [0.5, 0.6) is 0 Å². The van der Waals surface area contributed by atoms with Gasteiger partial charge in [-0.05, 0) is 0 Å². The number of ketones is 1. The molecule has 0 aromatic rings. The number of amides is 1. The van der Waals surface area contributed by atoms with Crippen molar-refractivity contribution in [1.29, 1.82) is 0 Å². The second-order valence-corrected chi connectivity index (χ2v) is 2.07. The number of Topliss-reactive ketones (excluding diaryl/α,β-unsaturated/α-hetero) is 1. The number of hydrogen-bond donors (Lipinski definition) is 1. The van der Waals surface area contributed by atoms with Crippen molar-refractivity contribution in [2.45, 2.75) is 26.2 Å². The van der Waals surface area contributed by atoms with E-state index in [2.05, 4.69) is 5.32 Å². The summed E-state index contributed by atoms with van der Waals surface area (Å²) in [4.78, 5) is 21.2. The Kier molecular flexibility index (Phi) is 4.54. The highest BCUT2D eigenvalue weighted by Crippen LogP contribution is 1.93. The van der Waals surface area contributed by atoms with Crippen LogP contribution in [0.2, 0.25) is 0 Å². The summed E-state index contributed by atoms with van der Waals surface area (Å²) in [6.07, 6.45) is 1.22. The van der Waals surface area contributed by atoms with E-state index in [1.54, 1.807) is 14.0 Å². The van der Waals surface area contributed by atoms with Gasteiger partial charge in [0, 0.05) is 26.3 Å². The fourth-order valence-corrected chi connectivity index (χ4v) is 0.555. The molecule has 0 saturated carbocycles. The SMILES string of the molecule is CCC(=O)CCC(=O)NC. The van der Waals surface area contributed by atoms with Crippen LogP contribution in [0.4, 0.5) is 0 Å². The second kappa shape index (κ2) is 4.97. The molecule has 0 unspecified atom stereocenters. The zero-order valence-electron chi connectivity index (χ0n) is 6.44. The summed E-state index contributed by atoms with van der Waals surface area (Å²) in [6, 6.07) is 0. The van der Waals surface area contributed by atoms with Gasteiger partial charge in [-0.2, -0.15) is 0 Å². The van der Waals surface area contributed by atoms with Crippen LogP contribution in [0.25, 0.3) is 0 Å². The van der Waals surface area contributed by atoms with Gasteiger partial charge >= 0.3 is 0 Å². The summed E-state index contributed by atoms with van der Waals surface area (Å²) < 4.78 is 0. The van der Waals surface area contributed by atoms with Gasteiger partial charge < -0.3 is 5.32 Å². The topological polar surface area (TPSA) is 46.2 Å². The van der Waals surface area contributed by atoms with Gasteiger partial charge in [0.25, 0.3) is 0 Å². The van der Waals surface area contributed by atoms with Gasteiger partial charge in [-0.3, -0.25) is 9.59 Å². The van der Waals surface area contributed by atoms with Gasteiger partial charge in [-0.1, -0.05) is 6.92 Å². The summed E-state index contributed by atoms with van der Waals surface area (Å²) in [5.41, 5.74) is 0. The van der Waals surface area contributed by atoms with Crippen LogP contribution < -0.4 is 5.32 Å². The lowest BCUT2D eigenvalue weighted by atomic mass is 10.2. The first-order valence-corrected chi connectivity index (χ1v) is 3.43. The molecule has 3 heteroatoms. The minimum absolute atomic E-state index is 0.0678. The number of nitrogens with one attached hydrogen (secondary N) is 1. The minimum atomic E-state index is -0.0678. The predicted octanol–water partition coefficient (Wildman–Crippen LogP) is 0.492. The average molecular weight is 143 g/mol. The zero-order valence-corrected chi connectivity index (χ0v) is 6.44. The van der Waals surface area contributed by atoms with Crippen molar-refractivity contribution in [2.24, 2.45) is 0 Å². The lowest BCUT2D eigenvalue weighted by molar-refractivity contribution is -0.125. The predicted molar refractivity (Wildman–Crippen MR) is 38.6 cm³/mol. The highest BCUT2D eigenvalue weighted by molar-refractivity contribution is 5.84. The van der Waals surface area contributed by atoms with Crippen LogP contribution in [-0.2, 0) is 9.59 Å². The summed E-state index contributed by atoms with van der Waals surface area (Å²) in [7, 11) is 1.57. The molecule has 0 saturated heterocycles. The second-order valence-electron chi connectivity index (χ2n) is 2.07. The van der Waals surface area contributed by atoms with Crippen LogP contribution in [0.1, 0.15) is 26.2 Å². The molecule has 0 fully saturated rings. The molecule has 0 aromatic carbocycles. The Morgan fingerprint density at radius 3 is 2.30 bits per heavy atom. The molecule has 0 aliphatic heterocycles. The van der Waals surface area contributed by atoms with Gasteiger partial charge in [-0.25, -0.2) is 0 Å². The third kappa shape index (κ3) is 4.06. The summed E-state index contributed by atoms with van der Waals surface area (Å²) in [5, 5.41) is 2.45. The molecule has 0 heterocycles. The highest BCUT2D eigenvalue weighted by atomic mass is 16.2. The van der Waals surface area contributed by atoms with Crippen molar-refractivity contribution in [3.63, 3.8) is 0 Å². The summed E-state index contributed by atoms with van der Waals surface area (Å²) in [5.74, 6) is 0.0744. The van der Waals surface area contributed by atoms with E-state index < -0.39 is 0 Å². The Morgan fingerprint density at radius 1 is 1.30 bits per heavy atom. The van der Waals surface area contributed by atoms with Gasteiger partial charge in [0.15, 0.2) is 0 Å². The quantitative estimate of drug-likeness (QED) is 0.622. The van der Waals surface area contributed by atoms with Gasteiger partial charge in [0.1, 0.15) is 5.78 Å². The minimum Gasteiger partial charge on any atom is -0.359 e. The molecule has 1 N–H and O–H groups in total. The number of carbonyl (C=O) groups is 2. The molecule has 10 heavy (non-hydrogen) atoms. The Labute approximate surface area is 60.8 Å². The fraction of sp³-hybridized carbons (Fsp3) is 0.714. The molecule has 0 rings (SSSR count). The van der Waals surface area contributed by atoms with Gasteiger partial charge in [-0.15, -0.1) is 0 Å². The van der Waals surface area contributed by atoms with Crippen LogP contribution >= 0.6 is 0 Å². The Morgan fingerprint density at radius 2 is 1.90 bits per heavy atom. The van der Waals surface area contributed by atoms with Gasteiger partial charge in [0.2, 0.25) is 5.91 Å². The average Bonchev–Trinajstić information content (AvgIpc) is 1.99. The summed E-state index contributed by atoms with van der Waals surface area (Å²) in [6.45, 7) is 1.80. The number of hydrogen-bond acceptors (Lipinski definition) is 2. The molecule has 0 atom stereocenters. The lowest BCUT2D eigenvalue weighted by Gasteiger charge is -1.96. The molecule has 0 aliphatic rings. The van der Waals surface area contributed by atoms with E-state index in [1.165, 1.54) is 0 Å². The standard InChI is InChI=1S/C7H13NO2/c1-3-6(9)4-5-7(10)8-2/h3-5H2,1-2H3,(H,8,10). The van der Waals surface area contributed by atoms with E-state index in [1.807, 2.05) is 0 Å². The van der Waals surface area contributed by atoms with E-state index in [0.29, 0.717) is 19.3 Å². The van der Waals surface area contributed by atoms with Crippen molar-refractivity contribution < 1.29 is 9.59 Å². The summed E-state index contributed by atoms with van der Waals surface area (Å²) >= 11 is 0. The van der Waals surface area contributed by atoms with Crippen molar-refractivity contribution in [3.05, 3.63) is 0 Å². The smallest absolute Gasteiger partial charge is 0.220 e. The molecule has 0 radical (unpaired) electrons. The molecule has 58 valence electrons. The van der Waals surface area contributed by atoms with Crippen LogP contribution in [-0.4, -0.2) is 18.7 Å². The highest BCUT2D eigenvalue weighted by Gasteiger charge is 2.01. The largest absolute Gasteiger partial charge is 0.359 e. The van der Waals surface area contributed by atoms with Gasteiger partial charge in [0.05, 0.1) is 0 Å². The first-order valence-electron chi connectivity index (χ1n) is 3.43. The molecule has 3 nitrogen and oxygen atoms in total. The van der Waals surface area contributed by atoms with Crippen LogP contribution in [0.15, 0.2) is 0 Å². The monoisotopic (exact) mass is 143 g/mol. The van der Waals surface area contributed by atoms with E-state index >= 15 is 0 Å². The Balaban J connectivity index is 3.35. The van der Waals surface area contributed by atoms with Crippen molar-refractivity contribution >= 4 is 11.7 Å². The maximum Gasteiger partial charge on any atom is 0.220 e. The Hall–Kier alpha value is -0.860. The fourth-order valence-electron chi connectivity index (χ4n) is 0.555. The first kappa shape index (κ1) is 9.14. The van der Waals surface area contributed by atoms with E-state index in [0.717, 1.165) is 0 Å². The van der Waals surface area contributed by atoms with Crippen molar-refractivity contribution in [2.75, 3.05) is 7.05 Å². The molecule has 0 spiro atoms. The maximum absolute atomic E-state index is 10.7. The molecule has 0 aromatic heterocycles. The van der Waals surface area contributed by atoms with Crippen LogP contribution in [0.3, 0.4) is 0 Å². The third-order valence-electron chi connectivity index (χ3n) is 1.30. The lowest BCUT2D eigenvalue weighted by Crippen LogP contribution is -2.18. The van der Waals surface area contributed by atoms with E-state index in [9.17, 15) is 9.59 Å². The first-order chi connectivity index (χ1) is 4.70. The number of carbonyl (C=O) groups excluding carboxylic acids is 2. The van der Waals surface area contributed by atoms with E-state index in [4.69, 9.17) is 0 Å². The molecular weight excluding hydrogens is 130 g/mol. The Bertz CT molecular complexity index is 116. The normalized spacial score (nSPS) is 9.00. The maximum atomic E-state index is 10.7. The van der Waals surface area contributed by atoms with Crippen LogP contribution in [0, 0.1) is 0 Å². The van der Waals surface area contributed by atoms with Crippen molar-refractivity contribution in [1.82, 2.24) is 5.32 Å². The molecule has 1 amide bonds. The zero-order chi connectivity index (χ0) is 7.98. The third-order valence-corrected chi connectivity index (χ3v) is 1.30. The van der Waals surface area contributed by atoms with Crippen molar-refractivity contribution in [3.8, 4) is 0 Å². The molecule has 0 bridgehead atoms.